The fraction of sp³-hybridized carbons (Fsp3) is 0.429. The van der Waals surface area contributed by atoms with Crippen molar-refractivity contribution in [3.8, 4) is 0 Å². The summed E-state index contributed by atoms with van der Waals surface area (Å²) in [4.78, 5) is 0. The number of anilines is 1. The lowest BCUT2D eigenvalue weighted by molar-refractivity contribution is 0.200. The van der Waals surface area contributed by atoms with E-state index in [0.29, 0.717) is 0 Å². The Morgan fingerprint density at radius 2 is 1.87 bits per heavy atom. The zero-order valence-corrected chi connectivity index (χ0v) is 14.0. The molecule has 1 atom stereocenters. The first-order chi connectivity index (χ1) is 11.3. The Labute approximate surface area is 139 Å². The Kier molecular flexibility index (Phi) is 5.35. The van der Waals surface area contributed by atoms with E-state index in [-0.39, 0.29) is 0 Å². The number of rotatable bonds is 6. The summed E-state index contributed by atoms with van der Waals surface area (Å²) in [6.07, 6.45) is 7.00. The molecule has 2 aromatic rings. The van der Waals surface area contributed by atoms with Gasteiger partial charge in [-0.25, -0.2) is 0 Å². The second-order valence-corrected chi connectivity index (χ2v) is 6.56. The van der Waals surface area contributed by atoms with E-state index in [4.69, 9.17) is 0 Å². The minimum atomic E-state index is -0.431. The molecule has 0 amide bonds. The van der Waals surface area contributed by atoms with E-state index in [9.17, 15) is 5.11 Å². The van der Waals surface area contributed by atoms with Crippen molar-refractivity contribution in [3.05, 3.63) is 64.7 Å². The average Bonchev–Trinajstić information content (AvgIpc) is 2.59. The van der Waals surface area contributed by atoms with E-state index >= 15 is 0 Å². The van der Waals surface area contributed by atoms with Gasteiger partial charge < -0.3 is 10.4 Å². The van der Waals surface area contributed by atoms with Crippen molar-refractivity contribution in [2.75, 3.05) is 11.9 Å². The van der Waals surface area contributed by atoms with Gasteiger partial charge in [-0.05, 0) is 68.2 Å². The number of para-hydroxylation sites is 1. The summed E-state index contributed by atoms with van der Waals surface area (Å²) >= 11 is 0. The number of aliphatic hydroxyl groups is 1. The highest BCUT2D eigenvalue weighted by atomic mass is 16.3. The van der Waals surface area contributed by atoms with Crippen LogP contribution in [0.2, 0.25) is 0 Å². The number of hydrogen-bond donors (Lipinski definition) is 2. The molecule has 0 bridgehead atoms. The highest BCUT2D eigenvalue weighted by molar-refractivity contribution is 5.52. The smallest absolute Gasteiger partial charge is 0.0781 e. The highest BCUT2D eigenvalue weighted by Gasteiger charge is 2.12. The molecular weight excluding hydrogens is 282 g/mol. The van der Waals surface area contributed by atoms with Crippen LogP contribution in [0.25, 0.3) is 0 Å². The first-order valence-electron chi connectivity index (χ1n) is 8.86. The Bertz CT molecular complexity index is 648. The summed E-state index contributed by atoms with van der Waals surface area (Å²) in [5, 5.41) is 13.3. The molecule has 122 valence electrons. The van der Waals surface area contributed by atoms with Crippen molar-refractivity contribution in [1.82, 2.24) is 0 Å². The molecule has 0 radical (unpaired) electrons. The first kappa shape index (κ1) is 16.1. The average molecular weight is 309 g/mol. The maximum Gasteiger partial charge on any atom is 0.0781 e. The molecule has 2 aromatic carbocycles. The van der Waals surface area contributed by atoms with E-state index < -0.39 is 6.10 Å². The van der Waals surface area contributed by atoms with Crippen LogP contribution in [0.5, 0.6) is 0 Å². The SMILES string of the molecule is CC(O)c1ccccc1NCCCc1cccc2c1CCCC2. The lowest BCUT2D eigenvalue weighted by Crippen LogP contribution is -2.09. The van der Waals surface area contributed by atoms with Gasteiger partial charge in [-0.1, -0.05) is 36.4 Å². The molecule has 0 saturated carbocycles. The normalized spacial score (nSPS) is 15.0. The highest BCUT2D eigenvalue weighted by Crippen LogP contribution is 2.26. The third-order valence-electron chi connectivity index (χ3n) is 4.84. The fourth-order valence-electron chi connectivity index (χ4n) is 3.62. The van der Waals surface area contributed by atoms with Gasteiger partial charge >= 0.3 is 0 Å². The zero-order chi connectivity index (χ0) is 16.1. The zero-order valence-electron chi connectivity index (χ0n) is 14.0. The molecule has 2 N–H and O–H groups in total. The number of fused-ring (bicyclic) bond motifs is 1. The Morgan fingerprint density at radius 3 is 2.74 bits per heavy atom. The van der Waals surface area contributed by atoms with Crippen molar-refractivity contribution in [3.63, 3.8) is 0 Å². The molecule has 3 rings (SSSR count). The van der Waals surface area contributed by atoms with Crippen molar-refractivity contribution >= 4 is 5.69 Å². The molecule has 2 heteroatoms. The Morgan fingerprint density at radius 1 is 1.04 bits per heavy atom. The summed E-state index contributed by atoms with van der Waals surface area (Å²) < 4.78 is 0. The molecular formula is C21H27NO. The van der Waals surface area contributed by atoms with E-state index in [0.717, 1.165) is 30.6 Å². The molecule has 0 aromatic heterocycles. The molecule has 1 aliphatic rings. The maximum absolute atomic E-state index is 9.83. The predicted molar refractivity (Wildman–Crippen MR) is 97.0 cm³/mol. The minimum Gasteiger partial charge on any atom is -0.389 e. The van der Waals surface area contributed by atoms with Crippen LogP contribution in [0.3, 0.4) is 0 Å². The molecule has 0 heterocycles. The van der Waals surface area contributed by atoms with Gasteiger partial charge in [-0.3, -0.25) is 0 Å². The van der Waals surface area contributed by atoms with Gasteiger partial charge in [0.15, 0.2) is 0 Å². The van der Waals surface area contributed by atoms with Crippen LogP contribution < -0.4 is 5.32 Å². The summed E-state index contributed by atoms with van der Waals surface area (Å²) in [6.45, 7) is 2.75. The van der Waals surface area contributed by atoms with Crippen molar-refractivity contribution < 1.29 is 5.11 Å². The molecule has 1 unspecified atom stereocenters. The summed E-state index contributed by atoms with van der Waals surface area (Å²) in [5.74, 6) is 0. The molecule has 2 nitrogen and oxygen atoms in total. The van der Waals surface area contributed by atoms with Gasteiger partial charge in [0.1, 0.15) is 0 Å². The predicted octanol–water partition coefficient (Wildman–Crippen LogP) is 4.66. The summed E-state index contributed by atoms with van der Waals surface area (Å²) in [5.41, 5.74) is 6.75. The first-order valence-corrected chi connectivity index (χ1v) is 8.86. The van der Waals surface area contributed by atoms with E-state index in [1.54, 1.807) is 11.1 Å². The largest absolute Gasteiger partial charge is 0.389 e. The van der Waals surface area contributed by atoms with Crippen LogP contribution in [0.4, 0.5) is 5.69 Å². The molecule has 0 aliphatic heterocycles. The third kappa shape index (κ3) is 3.94. The van der Waals surface area contributed by atoms with Crippen molar-refractivity contribution in [1.29, 1.82) is 0 Å². The van der Waals surface area contributed by atoms with Crippen LogP contribution in [0, 0.1) is 0 Å². The Hall–Kier alpha value is -1.80. The number of benzene rings is 2. The van der Waals surface area contributed by atoms with Crippen LogP contribution in [-0.4, -0.2) is 11.7 Å². The van der Waals surface area contributed by atoms with E-state index in [2.05, 4.69) is 23.5 Å². The van der Waals surface area contributed by atoms with Crippen molar-refractivity contribution in [2.45, 2.75) is 51.6 Å². The van der Waals surface area contributed by atoms with E-state index in [1.807, 2.05) is 31.2 Å². The summed E-state index contributed by atoms with van der Waals surface area (Å²) in [7, 11) is 0. The van der Waals surface area contributed by atoms with Gasteiger partial charge in [-0.15, -0.1) is 0 Å². The van der Waals surface area contributed by atoms with Crippen LogP contribution >= 0.6 is 0 Å². The summed E-state index contributed by atoms with van der Waals surface area (Å²) in [6, 6.07) is 14.8. The van der Waals surface area contributed by atoms with Gasteiger partial charge in [0, 0.05) is 17.8 Å². The van der Waals surface area contributed by atoms with Crippen molar-refractivity contribution in [2.24, 2.45) is 0 Å². The van der Waals surface area contributed by atoms with E-state index in [1.165, 1.54) is 31.2 Å². The topological polar surface area (TPSA) is 32.3 Å². The molecule has 23 heavy (non-hydrogen) atoms. The van der Waals surface area contributed by atoms with Crippen LogP contribution in [-0.2, 0) is 19.3 Å². The molecule has 0 saturated heterocycles. The standard InChI is InChI=1S/C21H27NO/c1-16(23)19-12-4-5-14-21(19)22-15-7-11-18-10-6-9-17-8-2-3-13-20(17)18/h4-6,9-10,12,14,16,22-23H,2-3,7-8,11,13,15H2,1H3. The van der Waals surface area contributed by atoms with Crippen LogP contribution in [0.15, 0.2) is 42.5 Å². The van der Waals surface area contributed by atoms with Gasteiger partial charge in [0.2, 0.25) is 0 Å². The quantitative estimate of drug-likeness (QED) is 0.760. The Balaban J connectivity index is 1.57. The third-order valence-corrected chi connectivity index (χ3v) is 4.84. The number of aryl methyl sites for hydroxylation is 2. The minimum absolute atomic E-state index is 0.431. The number of aliphatic hydroxyl groups excluding tert-OH is 1. The van der Waals surface area contributed by atoms with Gasteiger partial charge in [0.05, 0.1) is 6.10 Å². The number of hydrogen-bond acceptors (Lipinski definition) is 2. The second kappa shape index (κ2) is 7.65. The number of nitrogens with one attached hydrogen (secondary N) is 1. The van der Waals surface area contributed by atoms with Gasteiger partial charge in [-0.2, -0.15) is 0 Å². The molecule has 0 spiro atoms. The van der Waals surface area contributed by atoms with Gasteiger partial charge in [0.25, 0.3) is 0 Å². The monoisotopic (exact) mass is 309 g/mol. The fourth-order valence-corrected chi connectivity index (χ4v) is 3.62. The lowest BCUT2D eigenvalue weighted by Gasteiger charge is -2.19. The lowest BCUT2D eigenvalue weighted by atomic mass is 9.87. The van der Waals surface area contributed by atoms with Crippen LogP contribution in [0.1, 0.15) is 54.5 Å². The maximum atomic E-state index is 9.83. The second-order valence-electron chi connectivity index (χ2n) is 6.56. The molecule has 1 aliphatic carbocycles. The molecule has 0 fully saturated rings.